The van der Waals surface area contributed by atoms with Gasteiger partial charge in [-0.25, -0.2) is 0 Å². The number of fused-ring (bicyclic) bond motifs is 5. The van der Waals surface area contributed by atoms with E-state index in [4.69, 9.17) is 0 Å². The molecule has 24 heavy (non-hydrogen) atoms. The van der Waals surface area contributed by atoms with Crippen molar-refractivity contribution in [2.75, 3.05) is 5.75 Å². The molecule has 0 aromatic carbocycles. The second-order valence-corrected chi connectivity index (χ2v) is 11.2. The molecule has 0 saturated heterocycles. The van der Waals surface area contributed by atoms with Crippen LogP contribution in [-0.2, 0) is 0 Å². The molecule has 0 aliphatic heterocycles. The lowest BCUT2D eigenvalue weighted by molar-refractivity contribution is -0.0264. The Morgan fingerprint density at radius 1 is 1.25 bits per heavy atom. The van der Waals surface area contributed by atoms with Crippen molar-refractivity contribution in [1.82, 2.24) is 0 Å². The highest BCUT2D eigenvalue weighted by atomic mass is 32.7. The normalized spacial score (nSPS) is 48.9. The van der Waals surface area contributed by atoms with Gasteiger partial charge in [-0.15, -0.1) is 11.4 Å². The summed E-state index contributed by atoms with van der Waals surface area (Å²) in [7, 11) is 2.86. The van der Waals surface area contributed by atoms with E-state index in [0.717, 1.165) is 48.3 Å². The van der Waals surface area contributed by atoms with Crippen LogP contribution in [0.3, 0.4) is 0 Å². The highest BCUT2D eigenvalue weighted by Crippen LogP contribution is 2.64. The molecular weight excluding hydrogens is 331 g/mol. The summed E-state index contributed by atoms with van der Waals surface area (Å²) in [5, 5.41) is 10.0. The van der Waals surface area contributed by atoms with Crippen LogP contribution < -0.4 is 0 Å². The minimum absolute atomic E-state index is 0.0565. The average molecular weight is 367 g/mol. The summed E-state index contributed by atoms with van der Waals surface area (Å²) >= 11 is 1.96. The molecule has 4 rings (SSSR count). The molecule has 0 aromatic heterocycles. The molecule has 0 bridgehead atoms. The SMILES string of the molecule is C[C@H](CSP)C1CCC2C3CC=C4CC(O)CCC4C3CCC21C. The smallest absolute Gasteiger partial charge is 0.0577 e. The van der Waals surface area contributed by atoms with Crippen molar-refractivity contribution in [3.05, 3.63) is 11.6 Å². The van der Waals surface area contributed by atoms with Gasteiger partial charge in [-0.1, -0.05) is 33.9 Å². The molecule has 3 fully saturated rings. The number of allylic oxidation sites excluding steroid dienone is 1. The third-order valence-corrected chi connectivity index (χ3v) is 9.84. The van der Waals surface area contributed by atoms with Gasteiger partial charge in [-0.05, 0) is 98.0 Å². The zero-order valence-electron chi connectivity index (χ0n) is 15.4. The second-order valence-electron chi connectivity index (χ2n) is 9.53. The number of rotatable bonds is 3. The summed E-state index contributed by atoms with van der Waals surface area (Å²) in [5.41, 5.74) is 2.22. The van der Waals surface area contributed by atoms with Gasteiger partial charge in [-0.2, -0.15) is 0 Å². The highest BCUT2D eigenvalue weighted by molar-refractivity contribution is 8.43. The van der Waals surface area contributed by atoms with E-state index in [2.05, 4.69) is 28.4 Å². The maximum absolute atomic E-state index is 10.0. The monoisotopic (exact) mass is 366 g/mol. The van der Waals surface area contributed by atoms with Crippen LogP contribution in [0.5, 0.6) is 0 Å². The van der Waals surface area contributed by atoms with Gasteiger partial charge in [0.15, 0.2) is 0 Å². The van der Waals surface area contributed by atoms with E-state index >= 15 is 0 Å². The van der Waals surface area contributed by atoms with E-state index in [1.165, 1.54) is 44.3 Å². The molecule has 1 N–H and O–H groups in total. The Morgan fingerprint density at radius 2 is 2.08 bits per heavy atom. The fourth-order valence-corrected chi connectivity index (χ4v) is 8.94. The first-order valence-corrected chi connectivity index (χ1v) is 12.7. The van der Waals surface area contributed by atoms with Crippen LogP contribution in [0.2, 0.25) is 0 Å². The summed E-state index contributed by atoms with van der Waals surface area (Å²) in [4.78, 5) is 0. The molecule has 0 aromatic rings. The molecule has 8 unspecified atom stereocenters. The quantitative estimate of drug-likeness (QED) is 0.511. The topological polar surface area (TPSA) is 20.2 Å². The van der Waals surface area contributed by atoms with Gasteiger partial charge in [0.25, 0.3) is 0 Å². The van der Waals surface area contributed by atoms with Crippen LogP contribution in [-0.4, -0.2) is 17.0 Å². The Bertz CT molecular complexity index is 506. The van der Waals surface area contributed by atoms with Gasteiger partial charge >= 0.3 is 0 Å². The lowest BCUT2D eigenvalue weighted by atomic mass is 9.51. The minimum atomic E-state index is -0.0565. The fraction of sp³-hybridized carbons (Fsp3) is 0.905. The molecule has 0 amide bonds. The first kappa shape index (κ1) is 17.9. The zero-order valence-corrected chi connectivity index (χ0v) is 17.4. The van der Waals surface area contributed by atoms with Crippen molar-refractivity contribution in [2.45, 2.75) is 71.3 Å². The molecule has 4 aliphatic carbocycles. The molecule has 3 heteroatoms. The molecule has 9 atom stereocenters. The molecule has 3 saturated carbocycles. The average Bonchev–Trinajstić information content (AvgIpc) is 2.92. The first-order chi connectivity index (χ1) is 11.5. The van der Waals surface area contributed by atoms with E-state index in [0.29, 0.717) is 5.41 Å². The Morgan fingerprint density at radius 3 is 2.88 bits per heavy atom. The van der Waals surface area contributed by atoms with Gasteiger partial charge in [0.05, 0.1) is 6.10 Å². The van der Waals surface area contributed by atoms with E-state index in [1.807, 2.05) is 11.4 Å². The van der Waals surface area contributed by atoms with Crippen LogP contribution in [0.15, 0.2) is 11.6 Å². The maximum atomic E-state index is 10.0. The predicted molar refractivity (Wildman–Crippen MR) is 108 cm³/mol. The molecular formula is C21H35OPS. The largest absolute Gasteiger partial charge is 0.393 e. The zero-order chi connectivity index (χ0) is 16.9. The summed E-state index contributed by atoms with van der Waals surface area (Å²) in [6.07, 6.45) is 12.9. The molecule has 4 aliphatic rings. The van der Waals surface area contributed by atoms with Crippen LogP contribution >= 0.6 is 19.8 Å². The molecule has 0 spiro atoms. The van der Waals surface area contributed by atoms with Gasteiger partial charge in [0.1, 0.15) is 0 Å². The molecule has 0 heterocycles. The second kappa shape index (κ2) is 6.90. The Labute approximate surface area is 154 Å². The third-order valence-electron chi connectivity index (χ3n) is 8.54. The van der Waals surface area contributed by atoms with Gasteiger partial charge < -0.3 is 5.11 Å². The molecule has 0 radical (unpaired) electrons. The lowest BCUT2D eigenvalue weighted by Crippen LogP contribution is -2.47. The van der Waals surface area contributed by atoms with Gasteiger partial charge in [-0.3, -0.25) is 0 Å². The number of aliphatic hydroxyl groups is 1. The maximum Gasteiger partial charge on any atom is 0.0577 e. The summed E-state index contributed by atoms with van der Waals surface area (Å²) in [6, 6.07) is 0. The van der Waals surface area contributed by atoms with Crippen LogP contribution in [0.4, 0.5) is 0 Å². The lowest BCUT2D eigenvalue weighted by Gasteiger charge is -2.54. The predicted octanol–water partition coefficient (Wildman–Crippen LogP) is 5.70. The van der Waals surface area contributed by atoms with Crippen LogP contribution in [0.25, 0.3) is 0 Å². The first-order valence-electron chi connectivity index (χ1n) is 10.2. The minimum Gasteiger partial charge on any atom is -0.393 e. The Kier molecular flexibility index (Phi) is 5.14. The standard InChI is InChI=1S/C21H35OPS/c1-13(12-24-23)19-7-8-20-18-5-3-14-11-15(22)4-6-16(14)17(18)9-10-21(19,20)2/h3,13,15-20,22H,4-12,23H2,1-2H3/t13-,15?,16?,17?,18?,19?,20?,21?/m1/s1. The number of aliphatic hydroxyl groups excluding tert-OH is 1. The van der Waals surface area contributed by atoms with Crippen molar-refractivity contribution in [3.63, 3.8) is 0 Å². The summed E-state index contributed by atoms with van der Waals surface area (Å²) in [6.45, 7) is 5.15. The molecule has 1 nitrogen and oxygen atoms in total. The fourth-order valence-electron chi connectivity index (χ4n) is 7.49. The van der Waals surface area contributed by atoms with E-state index in [-0.39, 0.29) is 6.10 Å². The van der Waals surface area contributed by atoms with Crippen LogP contribution in [0, 0.1) is 40.9 Å². The van der Waals surface area contributed by atoms with Crippen molar-refractivity contribution in [3.8, 4) is 0 Å². The number of hydrogen-bond donors (Lipinski definition) is 1. The Balaban J connectivity index is 1.55. The van der Waals surface area contributed by atoms with E-state index < -0.39 is 0 Å². The van der Waals surface area contributed by atoms with E-state index in [1.54, 1.807) is 5.57 Å². The van der Waals surface area contributed by atoms with Crippen molar-refractivity contribution in [1.29, 1.82) is 0 Å². The van der Waals surface area contributed by atoms with Crippen molar-refractivity contribution in [2.24, 2.45) is 40.9 Å². The summed E-state index contributed by atoms with van der Waals surface area (Å²) < 4.78 is 0. The molecule has 136 valence electrons. The van der Waals surface area contributed by atoms with Crippen molar-refractivity contribution >= 4 is 19.8 Å². The van der Waals surface area contributed by atoms with Crippen molar-refractivity contribution < 1.29 is 5.11 Å². The third kappa shape index (κ3) is 2.84. The summed E-state index contributed by atoms with van der Waals surface area (Å²) in [5.74, 6) is 6.75. The van der Waals surface area contributed by atoms with Gasteiger partial charge in [0.2, 0.25) is 0 Å². The highest BCUT2D eigenvalue weighted by Gasteiger charge is 2.56. The van der Waals surface area contributed by atoms with Crippen LogP contribution in [0.1, 0.15) is 65.2 Å². The Hall–Kier alpha value is 0.480. The number of hydrogen-bond acceptors (Lipinski definition) is 2. The van der Waals surface area contributed by atoms with Gasteiger partial charge in [0, 0.05) is 0 Å². The van der Waals surface area contributed by atoms with E-state index in [9.17, 15) is 5.11 Å².